The van der Waals surface area contributed by atoms with Gasteiger partial charge in [0.2, 0.25) is 0 Å². The zero-order chi connectivity index (χ0) is 11.6. The van der Waals surface area contributed by atoms with Crippen molar-refractivity contribution < 1.29 is 0 Å². The molecule has 0 radical (unpaired) electrons. The highest BCUT2D eigenvalue weighted by atomic mass is 79.9. The Hall–Kier alpha value is -0.460. The second-order valence-electron chi connectivity index (χ2n) is 3.61. The molecule has 1 heterocycles. The summed E-state index contributed by atoms with van der Waals surface area (Å²) in [6, 6.07) is 0. The summed E-state index contributed by atoms with van der Waals surface area (Å²) in [6.07, 6.45) is 0. The van der Waals surface area contributed by atoms with Crippen molar-refractivity contribution in [3.8, 4) is 0 Å². The van der Waals surface area contributed by atoms with Gasteiger partial charge >= 0.3 is 0 Å². The van der Waals surface area contributed by atoms with Gasteiger partial charge in [0.1, 0.15) is 0 Å². The van der Waals surface area contributed by atoms with Crippen molar-refractivity contribution in [2.24, 2.45) is 12.8 Å². The van der Waals surface area contributed by atoms with Crippen LogP contribution in [-0.4, -0.2) is 33.3 Å². The maximum Gasteiger partial charge on any atom is 0.0870 e. The normalized spacial score (nSPS) is 11.0. The fourth-order valence-electron chi connectivity index (χ4n) is 1.43. The van der Waals surface area contributed by atoms with E-state index in [-0.39, 0.29) is 0 Å². The molecule has 0 fully saturated rings. The van der Waals surface area contributed by atoms with E-state index >= 15 is 0 Å². The third-order valence-electron chi connectivity index (χ3n) is 2.11. The molecule has 0 aliphatic heterocycles. The Morgan fingerprint density at radius 2 is 2.27 bits per heavy atom. The first-order chi connectivity index (χ1) is 6.91. The average Bonchev–Trinajstić information content (AvgIpc) is 2.31. The molecule has 0 atom stereocenters. The molecule has 1 aromatic heterocycles. The van der Waals surface area contributed by atoms with Crippen molar-refractivity contribution in [3.05, 3.63) is 15.9 Å². The highest BCUT2D eigenvalue weighted by molar-refractivity contribution is 9.10. The van der Waals surface area contributed by atoms with Gasteiger partial charge < -0.3 is 5.73 Å². The number of rotatable bonds is 4. The van der Waals surface area contributed by atoms with Gasteiger partial charge in [0.05, 0.1) is 20.8 Å². The van der Waals surface area contributed by atoms with Gasteiger partial charge in [-0.2, -0.15) is 5.10 Å². The van der Waals surface area contributed by atoms with Crippen LogP contribution < -0.4 is 5.73 Å². The van der Waals surface area contributed by atoms with Crippen LogP contribution in [0.5, 0.6) is 0 Å². The summed E-state index contributed by atoms with van der Waals surface area (Å²) in [5, 5.41) is 4.32. The smallest absolute Gasteiger partial charge is 0.0870 e. The summed E-state index contributed by atoms with van der Waals surface area (Å²) >= 11 is 8.38. The molecule has 2 N–H and O–H groups in total. The zero-order valence-corrected chi connectivity index (χ0v) is 11.5. The number of hydrogen-bond acceptors (Lipinski definition) is 3. The standard InChI is InChI=1S/C9H15BrN4S/c1-6-9(10)7(14(3)12-6)4-13(2)5-8(11)15/h4-5H2,1-3H3,(H2,11,15). The number of likely N-dealkylation sites (N-methyl/N-ethyl adjacent to an activating group) is 1. The lowest BCUT2D eigenvalue weighted by atomic mass is 10.3. The van der Waals surface area contributed by atoms with Crippen LogP contribution in [0, 0.1) is 6.92 Å². The largest absolute Gasteiger partial charge is 0.392 e. The summed E-state index contributed by atoms with van der Waals surface area (Å²) in [5.74, 6) is 0. The average molecular weight is 291 g/mol. The van der Waals surface area contributed by atoms with Crippen LogP contribution in [0.2, 0.25) is 0 Å². The molecular weight excluding hydrogens is 276 g/mol. The fraction of sp³-hybridized carbons (Fsp3) is 0.556. The Kier molecular flexibility index (Phi) is 4.24. The number of nitrogens with two attached hydrogens (primary N) is 1. The minimum atomic E-state index is 0.507. The minimum Gasteiger partial charge on any atom is -0.392 e. The van der Waals surface area contributed by atoms with E-state index in [0.29, 0.717) is 11.5 Å². The summed E-state index contributed by atoms with van der Waals surface area (Å²) in [5.41, 5.74) is 7.61. The first kappa shape index (κ1) is 12.6. The van der Waals surface area contributed by atoms with Crippen molar-refractivity contribution in [2.45, 2.75) is 13.5 Å². The Morgan fingerprint density at radius 1 is 1.67 bits per heavy atom. The Bertz CT molecular complexity index is 374. The van der Waals surface area contributed by atoms with Gasteiger partial charge in [-0.3, -0.25) is 9.58 Å². The second-order valence-corrected chi connectivity index (χ2v) is 4.93. The highest BCUT2D eigenvalue weighted by Gasteiger charge is 2.12. The van der Waals surface area contributed by atoms with Gasteiger partial charge in [-0.25, -0.2) is 0 Å². The van der Waals surface area contributed by atoms with E-state index in [1.54, 1.807) is 0 Å². The Balaban J connectivity index is 2.76. The summed E-state index contributed by atoms with van der Waals surface area (Å²) < 4.78 is 2.93. The predicted octanol–water partition coefficient (Wildman–Crippen LogP) is 1.21. The van der Waals surface area contributed by atoms with E-state index in [1.165, 1.54) is 0 Å². The van der Waals surface area contributed by atoms with Crippen LogP contribution in [0.4, 0.5) is 0 Å². The van der Waals surface area contributed by atoms with Crippen LogP contribution in [0.25, 0.3) is 0 Å². The monoisotopic (exact) mass is 290 g/mol. The van der Waals surface area contributed by atoms with Crippen LogP contribution in [0.15, 0.2) is 4.47 Å². The lowest BCUT2D eigenvalue weighted by molar-refractivity contribution is 0.361. The molecule has 0 unspecified atom stereocenters. The van der Waals surface area contributed by atoms with Crippen molar-refractivity contribution in [2.75, 3.05) is 13.6 Å². The number of nitrogens with zero attached hydrogens (tertiary/aromatic N) is 3. The number of halogens is 1. The Labute approximate surface area is 104 Å². The Morgan fingerprint density at radius 3 is 2.67 bits per heavy atom. The molecule has 1 aromatic rings. The quantitative estimate of drug-likeness (QED) is 0.847. The van der Waals surface area contributed by atoms with Gasteiger partial charge in [-0.15, -0.1) is 0 Å². The minimum absolute atomic E-state index is 0.507. The molecule has 6 heteroatoms. The molecular formula is C9H15BrN4S. The number of aromatic nitrogens is 2. The van der Waals surface area contributed by atoms with Gasteiger partial charge in [-0.1, -0.05) is 12.2 Å². The van der Waals surface area contributed by atoms with Crippen molar-refractivity contribution >= 4 is 33.1 Å². The van der Waals surface area contributed by atoms with Crippen molar-refractivity contribution in [1.82, 2.24) is 14.7 Å². The second kappa shape index (κ2) is 5.05. The molecule has 84 valence electrons. The fourth-order valence-corrected chi connectivity index (χ4v) is 2.11. The first-order valence-corrected chi connectivity index (χ1v) is 5.76. The SMILES string of the molecule is Cc1nn(C)c(CN(C)CC(N)=S)c1Br. The van der Waals surface area contributed by atoms with Crippen LogP contribution in [0.1, 0.15) is 11.4 Å². The van der Waals surface area contributed by atoms with E-state index < -0.39 is 0 Å². The first-order valence-electron chi connectivity index (χ1n) is 4.56. The molecule has 1 rings (SSSR count). The predicted molar refractivity (Wildman–Crippen MR) is 68.8 cm³/mol. The van der Waals surface area contributed by atoms with Gasteiger partial charge in [0, 0.05) is 20.1 Å². The molecule has 0 bridgehead atoms. The molecule has 0 saturated carbocycles. The van der Waals surface area contributed by atoms with E-state index in [4.69, 9.17) is 18.0 Å². The van der Waals surface area contributed by atoms with Gasteiger partial charge in [-0.05, 0) is 29.9 Å². The molecule has 15 heavy (non-hydrogen) atoms. The third kappa shape index (κ3) is 3.25. The van der Waals surface area contributed by atoms with Crippen molar-refractivity contribution in [3.63, 3.8) is 0 Å². The molecule has 0 aromatic carbocycles. The van der Waals surface area contributed by atoms with Crippen LogP contribution >= 0.6 is 28.1 Å². The van der Waals surface area contributed by atoms with Crippen LogP contribution in [-0.2, 0) is 13.6 Å². The molecule has 0 aliphatic carbocycles. The molecule has 0 saturated heterocycles. The van der Waals surface area contributed by atoms with E-state index in [0.717, 1.165) is 22.4 Å². The third-order valence-corrected chi connectivity index (χ3v) is 3.27. The number of aryl methyl sites for hydroxylation is 2. The summed E-state index contributed by atoms with van der Waals surface area (Å²) in [7, 11) is 3.91. The summed E-state index contributed by atoms with van der Waals surface area (Å²) in [4.78, 5) is 2.57. The van der Waals surface area contributed by atoms with E-state index in [2.05, 4.69) is 25.9 Å². The van der Waals surface area contributed by atoms with Crippen LogP contribution in [0.3, 0.4) is 0 Å². The van der Waals surface area contributed by atoms with E-state index in [1.807, 2.05) is 25.7 Å². The maximum absolute atomic E-state index is 5.48. The maximum atomic E-state index is 5.48. The van der Waals surface area contributed by atoms with E-state index in [9.17, 15) is 0 Å². The lowest BCUT2D eigenvalue weighted by Crippen LogP contribution is -2.29. The van der Waals surface area contributed by atoms with Crippen molar-refractivity contribution in [1.29, 1.82) is 0 Å². The molecule has 0 amide bonds. The lowest BCUT2D eigenvalue weighted by Gasteiger charge is -2.15. The topological polar surface area (TPSA) is 47.1 Å². The molecule has 0 spiro atoms. The summed E-state index contributed by atoms with van der Waals surface area (Å²) in [6.45, 7) is 3.36. The van der Waals surface area contributed by atoms with Gasteiger partial charge in [0.25, 0.3) is 0 Å². The number of thiocarbonyl (C=S) groups is 1. The zero-order valence-electron chi connectivity index (χ0n) is 9.12. The van der Waals surface area contributed by atoms with Gasteiger partial charge in [0.15, 0.2) is 0 Å². The number of hydrogen-bond donors (Lipinski definition) is 1. The highest BCUT2D eigenvalue weighted by Crippen LogP contribution is 2.21. The molecule has 0 aliphatic rings. The molecule has 4 nitrogen and oxygen atoms in total.